The van der Waals surface area contributed by atoms with Gasteiger partial charge in [0, 0.05) is 28.1 Å². The van der Waals surface area contributed by atoms with Crippen LogP contribution in [0.25, 0.3) is 21.5 Å². The van der Waals surface area contributed by atoms with Crippen LogP contribution in [0.4, 0.5) is 56.0 Å². The monoisotopic (exact) mass is 1070 g/mol. The summed E-state index contributed by atoms with van der Waals surface area (Å²) in [6, 6.07) is 22.2. The number of carbonyl (C=O) groups excluding carboxylic acids is 1. The average molecular weight is 1070 g/mol. The first-order valence-electron chi connectivity index (χ1n) is 18.1. The van der Waals surface area contributed by atoms with Gasteiger partial charge >= 0.3 is 124 Å². The fourth-order valence-corrected chi connectivity index (χ4v) is 8.77. The first-order chi connectivity index (χ1) is 30.9. The summed E-state index contributed by atoms with van der Waals surface area (Å²) < 4.78 is 145. The Morgan fingerprint density at radius 1 is 0.500 bits per heavy atom. The predicted octanol–water partition coefficient (Wildman–Crippen LogP) is -5.16. The number of nitrogens with two attached hydrogens (primary N) is 1. The second-order valence-corrected chi connectivity index (χ2v) is 19.1. The summed E-state index contributed by atoms with van der Waals surface area (Å²) in [4.78, 5) is 9.04. The molecular formula is C39H26N8Na4O15S4. The van der Waals surface area contributed by atoms with E-state index in [-0.39, 0.29) is 163 Å². The number of carbonyl (C=O) groups is 1. The molecule has 23 nitrogen and oxygen atoms in total. The van der Waals surface area contributed by atoms with Gasteiger partial charge in [0.1, 0.15) is 69.0 Å². The van der Waals surface area contributed by atoms with Gasteiger partial charge in [0.05, 0.1) is 30.7 Å². The zero-order chi connectivity index (χ0) is 47.9. The number of azo groups is 2. The molecule has 7 N–H and O–H groups in total. The average Bonchev–Trinajstić information content (AvgIpc) is 3.22. The smallest absolute Gasteiger partial charge is 0.744 e. The number of benzene rings is 7. The fraction of sp³-hybridized carbons (Fsp3) is 0. The minimum absolute atomic E-state index is 0. The Bertz CT molecular complexity index is 3710. The number of phenolic OH excluding ortho intramolecular Hbond substituents is 2. The quantitative estimate of drug-likeness (QED) is 0.0288. The Morgan fingerprint density at radius 2 is 1.01 bits per heavy atom. The molecule has 0 bridgehead atoms. The molecule has 7 aromatic carbocycles. The van der Waals surface area contributed by atoms with E-state index in [4.69, 9.17) is 5.73 Å². The Morgan fingerprint density at radius 3 is 1.53 bits per heavy atom. The van der Waals surface area contributed by atoms with Crippen molar-refractivity contribution in [3.05, 3.63) is 115 Å². The molecule has 0 atom stereocenters. The molecular weight excluding hydrogens is 1040 g/mol. The molecule has 7 rings (SSSR count). The predicted molar refractivity (Wildman–Crippen MR) is 231 cm³/mol. The van der Waals surface area contributed by atoms with Crippen LogP contribution in [0.3, 0.4) is 0 Å². The number of anilines is 5. The molecule has 0 heterocycles. The third-order valence-corrected chi connectivity index (χ3v) is 12.6. The third kappa shape index (κ3) is 14.3. The first-order valence-corrected chi connectivity index (χ1v) is 23.7. The third-order valence-electron chi connectivity index (χ3n) is 9.24. The van der Waals surface area contributed by atoms with Gasteiger partial charge < -0.3 is 50.1 Å². The van der Waals surface area contributed by atoms with Gasteiger partial charge in [0.2, 0.25) is 0 Å². The largest absolute Gasteiger partial charge is 1.00 e. The second-order valence-electron chi connectivity index (χ2n) is 13.7. The standard InChI is InChI=1S/C39H30N8O15S4.4Na/c40-28-11-6-20-15-26(63(51,52)53)19-31(48)35(20)36(28)46-44-29-12-8-24(17-32(29)64(54,55)56)42-39(50)43-25-9-13-30(33(18-25)65(57,58)59)45-47-37-34(66(60,61)62)16-21-14-23(7-10-27(21)38(37)49)41-22-4-2-1-3-5-22;;;;/h1-19,41,48-49H,40H2,(H2,42,43,50)(H,51,52,53)(H,54,55,56)(H,57,58,59)(H,60,61,62);;;;/q;4*+1/p-4. The number of fused-ring (bicyclic) bond motifs is 2. The summed E-state index contributed by atoms with van der Waals surface area (Å²) in [5, 5.41) is 43.9. The summed E-state index contributed by atoms with van der Waals surface area (Å²) in [5.74, 6) is -1.57. The van der Waals surface area contributed by atoms with Crippen LogP contribution in [0.15, 0.2) is 155 Å². The number of nitrogens with zero attached hydrogens (tertiary/aromatic N) is 4. The van der Waals surface area contributed by atoms with Gasteiger partial charge in [-0.15, -0.1) is 20.5 Å². The van der Waals surface area contributed by atoms with Crippen molar-refractivity contribution in [3.8, 4) is 11.5 Å². The van der Waals surface area contributed by atoms with Crippen molar-refractivity contribution in [1.29, 1.82) is 0 Å². The van der Waals surface area contributed by atoms with Crippen LogP contribution in [0.2, 0.25) is 0 Å². The molecule has 0 aliphatic heterocycles. The Hall–Kier alpha value is -3.63. The zero-order valence-corrected chi connectivity index (χ0v) is 47.9. The molecule has 0 aliphatic carbocycles. The van der Waals surface area contributed by atoms with Gasteiger partial charge in [-0.05, 0) is 102 Å². The van der Waals surface area contributed by atoms with Crippen LogP contribution < -0.4 is 140 Å². The summed E-state index contributed by atoms with van der Waals surface area (Å²) in [6.45, 7) is 0. The van der Waals surface area contributed by atoms with Crippen molar-refractivity contribution in [1.82, 2.24) is 0 Å². The van der Waals surface area contributed by atoms with Gasteiger partial charge in [-0.2, -0.15) is 0 Å². The van der Waals surface area contributed by atoms with Crippen molar-refractivity contribution in [2.75, 3.05) is 21.7 Å². The Labute approximate surface area is 486 Å². The summed E-state index contributed by atoms with van der Waals surface area (Å²) >= 11 is 0. The minimum Gasteiger partial charge on any atom is -0.744 e. The molecule has 0 unspecified atom stereocenters. The van der Waals surface area contributed by atoms with Gasteiger partial charge in [-0.1, -0.05) is 24.3 Å². The number of hydrogen-bond acceptors (Lipinski definition) is 21. The van der Waals surface area contributed by atoms with E-state index in [9.17, 15) is 66.9 Å². The van der Waals surface area contributed by atoms with Crippen molar-refractivity contribution in [2.45, 2.75) is 19.6 Å². The molecule has 31 heteroatoms. The van der Waals surface area contributed by atoms with Crippen LogP contribution in [0.1, 0.15) is 0 Å². The number of amides is 2. The molecule has 0 radical (unpaired) electrons. The topological polar surface area (TPSA) is 398 Å². The molecule has 0 saturated heterocycles. The van der Waals surface area contributed by atoms with E-state index in [1.54, 1.807) is 30.3 Å². The van der Waals surface area contributed by atoms with Crippen LogP contribution in [-0.4, -0.2) is 68.1 Å². The fourth-order valence-electron chi connectivity index (χ4n) is 6.32. The number of para-hydroxylation sites is 1. The number of rotatable bonds is 12. The number of nitrogen functional groups attached to an aromatic ring is 1. The van der Waals surface area contributed by atoms with E-state index < -0.39 is 94.6 Å². The zero-order valence-electron chi connectivity index (χ0n) is 36.7. The summed E-state index contributed by atoms with van der Waals surface area (Å²) in [6.07, 6.45) is 0. The van der Waals surface area contributed by atoms with Crippen LogP contribution in [0.5, 0.6) is 11.5 Å². The number of hydrogen-bond donors (Lipinski definition) is 6. The maximum atomic E-state index is 13.0. The molecule has 0 aromatic heterocycles. The van der Waals surface area contributed by atoms with Crippen molar-refractivity contribution in [2.24, 2.45) is 20.5 Å². The van der Waals surface area contributed by atoms with Gasteiger partial charge in [-0.25, -0.2) is 38.5 Å². The van der Waals surface area contributed by atoms with Crippen LogP contribution in [-0.2, 0) is 40.5 Å². The van der Waals surface area contributed by atoms with Gasteiger partial charge in [0.25, 0.3) is 0 Å². The first kappa shape index (κ1) is 60.7. The van der Waals surface area contributed by atoms with Gasteiger partial charge in [0.15, 0.2) is 5.75 Å². The molecule has 0 saturated carbocycles. The van der Waals surface area contributed by atoms with Crippen molar-refractivity contribution < 1.29 is 185 Å². The van der Waals surface area contributed by atoms with E-state index in [1.165, 1.54) is 30.3 Å². The van der Waals surface area contributed by atoms with E-state index in [1.807, 2.05) is 0 Å². The second kappa shape index (κ2) is 23.9. The van der Waals surface area contributed by atoms with Gasteiger partial charge in [-0.3, -0.25) is 0 Å². The Kier molecular flexibility index (Phi) is 20.7. The molecule has 340 valence electrons. The minimum atomic E-state index is -5.45. The van der Waals surface area contributed by atoms with Crippen LogP contribution in [0, 0.1) is 0 Å². The number of urea groups is 1. The maximum Gasteiger partial charge on any atom is 1.00 e. The number of nitrogens with one attached hydrogen (secondary N) is 3. The number of aromatic hydroxyl groups is 2. The summed E-state index contributed by atoms with van der Waals surface area (Å²) in [7, 11) is -21.2. The Balaban J connectivity index is 0.00000324. The van der Waals surface area contributed by atoms with E-state index in [0.29, 0.717) is 29.6 Å². The molecule has 70 heavy (non-hydrogen) atoms. The van der Waals surface area contributed by atoms with E-state index >= 15 is 0 Å². The van der Waals surface area contributed by atoms with Crippen molar-refractivity contribution >= 4 is 119 Å². The normalized spacial score (nSPS) is 11.8. The maximum absolute atomic E-state index is 13.0. The van der Waals surface area contributed by atoms with E-state index in [0.717, 1.165) is 36.4 Å². The molecule has 7 aromatic rings. The van der Waals surface area contributed by atoms with E-state index in [2.05, 4.69) is 36.4 Å². The molecule has 0 aliphatic rings. The van der Waals surface area contributed by atoms with Crippen molar-refractivity contribution in [3.63, 3.8) is 0 Å². The molecule has 0 fully saturated rings. The van der Waals surface area contributed by atoms with Crippen LogP contribution >= 0.6 is 0 Å². The molecule has 0 spiro atoms. The number of phenols is 2. The SMILES string of the molecule is Nc1ccc2cc(S(=O)(=O)[O-])cc(O)c2c1N=Nc1ccc(NC(=O)Nc2ccc(N=Nc3c(S(=O)(=O)[O-])cc4cc(Nc5ccccc5)ccc4c3O)c(S(=O)(=O)[O-])c2)cc1S(=O)(=O)[O-].[Na+].[Na+].[Na+].[Na+]. The molecule has 2 amide bonds. The summed E-state index contributed by atoms with van der Waals surface area (Å²) in [5.41, 5.74) is 3.73.